The first-order chi connectivity index (χ1) is 13.2. The molecule has 0 saturated carbocycles. The van der Waals surface area contributed by atoms with Gasteiger partial charge in [-0.2, -0.15) is 0 Å². The fraction of sp³-hybridized carbons (Fsp3) is 0.333. The highest BCUT2D eigenvalue weighted by molar-refractivity contribution is 8.00. The van der Waals surface area contributed by atoms with Crippen molar-refractivity contribution in [2.45, 2.75) is 30.3 Å². The van der Waals surface area contributed by atoms with Gasteiger partial charge in [-0.1, -0.05) is 30.3 Å². The average molecular weight is 382 g/mol. The van der Waals surface area contributed by atoms with Crippen LogP contribution in [0.1, 0.15) is 28.8 Å². The molecular weight excluding hydrogens is 358 g/mol. The number of likely N-dealkylation sites (tertiary alicyclic amines) is 1. The summed E-state index contributed by atoms with van der Waals surface area (Å²) in [6.07, 6.45) is 2.07. The van der Waals surface area contributed by atoms with Crippen molar-refractivity contribution in [1.82, 2.24) is 10.2 Å². The molecule has 1 saturated heterocycles. The van der Waals surface area contributed by atoms with E-state index in [1.54, 1.807) is 6.07 Å². The number of benzene rings is 2. The highest BCUT2D eigenvalue weighted by atomic mass is 32.2. The Labute approximate surface area is 163 Å². The molecule has 0 spiro atoms. The fourth-order valence-corrected chi connectivity index (χ4v) is 4.44. The Kier molecular flexibility index (Phi) is 5.45. The third-order valence-corrected chi connectivity index (χ3v) is 6.04. The van der Waals surface area contributed by atoms with Gasteiger partial charge in [0.1, 0.15) is 0 Å². The zero-order chi connectivity index (χ0) is 18.6. The molecule has 27 heavy (non-hydrogen) atoms. The second kappa shape index (κ2) is 8.15. The Hall–Kier alpha value is -2.31. The minimum Gasteiger partial charge on any atom is -0.348 e. The van der Waals surface area contributed by atoms with Gasteiger partial charge in [-0.25, -0.2) is 0 Å². The molecule has 0 aliphatic carbocycles. The Morgan fingerprint density at radius 1 is 1.22 bits per heavy atom. The predicted molar refractivity (Wildman–Crippen MR) is 108 cm³/mol. The standard InChI is InChI=1S/C21H23N3O2S/c25-20-14-27-19-9-8-16(11-18(19)23-20)21(26)22-17-7-4-10-24(13-17)12-15-5-2-1-3-6-15/h1-3,5-6,8-9,11,17H,4,7,10,12-14H2,(H,22,26)(H,23,25). The van der Waals surface area contributed by atoms with Crippen molar-refractivity contribution in [3.8, 4) is 0 Å². The number of hydrogen-bond donors (Lipinski definition) is 2. The van der Waals surface area contributed by atoms with Gasteiger partial charge in [0.15, 0.2) is 0 Å². The first kappa shape index (κ1) is 18.1. The Morgan fingerprint density at radius 3 is 2.93 bits per heavy atom. The third kappa shape index (κ3) is 4.51. The molecule has 2 aromatic rings. The minimum absolute atomic E-state index is 0.0195. The minimum atomic E-state index is -0.0748. The highest BCUT2D eigenvalue weighted by Crippen LogP contribution is 2.32. The van der Waals surface area contributed by atoms with E-state index in [1.807, 2.05) is 18.2 Å². The lowest BCUT2D eigenvalue weighted by Gasteiger charge is -2.33. The SMILES string of the molecule is O=C1CSc2ccc(C(=O)NC3CCCN(Cc4ccccc4)C3)cc2N1. The molecule has 5 nitrogen and oxygen atoms in total. The van der Waals surface area contributed by atoms with Crippen molar-refractivity contribution in [2.75, 3.05) is 24.2 Å². The molecule has 0 radical (unpaired) electrons. The van der Waals surface area contributed by atoms with E-state index in [4.69, 9.17) is 0 Å². The normalized spacial score (nSPS) is 19.9. The smallest absolute Gasteiger partial charge is 0.251 e. The van der Waals surface area contributed by atoms with Gasteiger partial charge in [0.05, 0.1) is 11.4 Å². The maximum Gasteiger partial charge on any atom is 0.251 e. The second-order valence-electron chi connectivity index (χ2n) is 7.08. The van der Waals surface area contributed by atoms with Crippen molar-refractivity contribution in [1.29, 1.82) is 0 Å². The van der Waals surface area contributed by atoms with E-state index < -0.39 is 0 Å². The second-order valence-corrected chi connectivity index (χ2v) is 8.10. The number of nitrogens with one attached hydrogen (secondary N) is 2. The molecule has 1 unspecified atom stereocenters. The van der Waals surface area contributed by atoms with Crippen molar-refractivity contribution in [3.63, 3.8) is 0 Å². The van der Waals surface area contributed by atoms with Gasteiger partial charge < -0.3 is 10.6 Å². The van der Waals surface area contributed by atoms with E-state index in [0.29, 0.717) is 11.3 Å². The first-order valence-corrected chi connectivity index (χ1v) is 10.3. The van der Waals surface area contributed by atoms with Gasteiger partial charge in [0, 0.05) is 29.6 Å². The number of carbonyl (C=O) groups is 2. The third-order valence-electron chi connectivity index (χ3n) is 4.96. The molecule has 2 aromatic carbocycles. The van der Waals surface area contributed by atoms with Crippen LogP contribution in [0.2, 0.25) is 0 Å². The summed E-state index contributed by atoms with van der Waals surface area (Å²) in [6.45, 7) is 2.83. The maximum absolute atomic E-state index is 12.7. The number of nitrogens with zero attached hydrogens (tertiary/aromatic N) is 1. The topological polar surface area (TPSA) is 61.4 Å². The molecule has 1 fully saturated rings. The van der Waals surface area contributed by atoms with Crippen LogP contribution in [-0.2, 0) is 11.3 Å². The van der Waals surface area contributed by atoms with Gasteiger partial charge in [-0.15, -0.1) is 11.8 Å². The largest absolute Gasteiger partial charge is 0.348 e. The van der Waals surface area contributed by atoms with Gasteiger partial charge in [-0.3, -0.25) is 14.5 Å². The molecule has 2 N–H and O–H groups in total. The molecule has 4 rings (SSSR count). The van der Waals surface area contributed by atoms with E-state index in [2.05, 4.69) is 39.8 Å². The molecule has 1 atom stereocenters. The van der Waals surface area contributed by atoms with E-state index >= 15 is 0 Å². The summed E-state index contributed by atoms with van der Waals surface area (Å²) in [4.78, 5) is 27.7. The summed E-state index contributed by atoms with van der Waals surface area (Å²) in [7, 11) is 0. The summed E-state index contributed by atoms with van der Waals surface area (Å²) in [5.74, 6) is 0.334. The highest BCUT2D eigenvalue weighted by Gasteiger charge is 2.23. The Bertz CT molecular complexity index is 841. The van der Waals surface area contributed by atoms with Crippen LogP contribution >= 0.6 is 11.8 Å². The molecule has 2 amide bonds. The molecule has 0 bridgehead atoms. The Balaban J connectivity index is 1.37. The molecule has 140 valence electrons. The monoisotopic (exact) mass is 381 g/mol. The van der Waals surface area contributed by atoms with Crippen LogP contribution in [0, 0.1) is 0 Å². The van der Waals surface area contributed by atoms with Crippen LogP contribution in [-0.4, -0.2) is 41.6 Å². The van der Waals surface area contributed by atoms with Gasteiger partial charge in [0.2, 0.25) is 5.91 Å². The molecule has 0 aromatic heterocycles. The number of anilines is 1. The number of thioether (sulfide) groups is 1. The number of carbonyl (C=O) groups excluding carboxylic acids is 2. The van der Waals surface area contributed by atoms with Gasteiger partial charge in [-0.05, 0) is 43.1 Å². The summed E-state index contributed by atoms with van der Waals surface area (Å²) in [5, 5.41) is 6.01. The summed E-state index contributed by atoms with van der Waals surface area (Å²) >= 11 is 1.50. The van der Waals surface area contributed by atoms with E-state index in [1.165, 1.54) is 17.3 Å². The van der Waals surface area contributed by atoms with Crippen molar-refractivity contribution < 1.29 is 9.59 Å². The summed E-state index contributed by atoms with van der Waals surface area (Å²) in [6, 6.07) is 16.1. The Morgan fingerprint density at radius 2 is 2.07 bits per heavy atom. The van der Waals surface area contributed by atoms with Crippen molar-refractivity contribution >= 4 is 29.3 Å². The molecule has 2 aliphatic heterocycles. The molecule has 6 heteroatoms. The number of fused-ring (bicyclic) bond motifs is 1. The van der Waals surface area contributed by atoms with Crippen LogP contribution in [0.4, 0.5) is 5.69 Å². The first-order valence-electron chi connectivity index (χ1n) is 9.31. The quantitative estimate of drug-likeness (QED) is 0.854. The van der Waals surface area contributed by atoms with E-state index in [0.717, 1.165) is 43.1 Å². The number of rotatable bonds is 4. The zero-order valence-corrected chi connectivity index (χ0v) is 15.9. The van der Waals surface area contributed by atoms with Crippen LogP contribution in [0.25, 0.3) is 0 Å². The lowest BCUT2D eigenvalue weighted by molar-refractivity contribution is -0.113. The van der Waals surface area contributed by atoms with Crippen molar-refractivity contribution in [2.24, 2.45) is 0 Å². The molecular formula is C21H23N3O2S. The number of hydrogen-bond acceptors (Lipinski definition) is 4. The number of amides is 2. The van der Waals surface area contributed by atoms with E-state index in [-0.39, 0.29) is 17.9 Å². The summed E-state index contributed by atoms with van der Waals surface area (Å²) in [5.41, 5.74) is 2.63. The van der Waals surface area contributed by atoms with Gasteiger partial charge >= 0.3 is 0 Å². The van der Waals surface area contributed by atoms with Gasteiger partial charge in [0.25, 0.3) is 5.91 Å². The molecule has 2 aliphatic rings. The number of piperidine rings is 1. The lowest BCUT2D eigenvalue weighted by Crippen LogP contribution is -2.47. The van der Waals surface area contributed by atoms with Crippen molar-refractivity contribution in [3.05, 3.63) is 59.7 Å². The average Bonchev–Trinajstić information content (AvgIpc) is 2.68. The van der Waals surface area contributed by atoms with Crippen LogP contribution < -0.4 is 10.6 Å². The van der Waals surface area contributed by atoms with E-state index in [9.17, 15) is 9.59 Å². The molecule has 2 heterocycles. The van der Waals surface area contributed by atoms with Crippen LogP contribution in [0.15, 0.2) is 53.4 Å². The predicted octanol–water partition coefficient (Wildman–Crippen LogP) is 3.13. The van der Waals surface area contributed by atoms with Crippen LogP contribution in [0.3, 0.4) is 0 Å². The fourth-order valence-electron chi connectivity index (χ4n) is 3.65. The maximum atomic E-state index is 12.7. The lowest BCUT2D eigenvalue weighted by atomic mass is 10.0. The van der Waals surface area contributed by atoms with Crippen LogP contribution in [0.5, 0.6) is 0 Å². The summed E-state index contributed by atoms with van der Waals surface area (Å²) < 4.78 is 0. The zero-order valence-electron chi connectivity index (χ0n) is 15.1.